The van der Waals surface area contributed by atoms with E-state index >= 15 is 0 Å². The highest BCUT2D eigenvalue weighted by atomic mass is 35.5. The second-order valence-corrected chi connectivity index (χ2v) is 6.25. The molecule has 6 nitrogen and oxygen atoms in total. The molecule has 0 radical (unpaired) electrons. The maximum atomic E-state index is 12.0. The Morgan fingerprint density at radius 3 is 2.70 bits per heavy atom. The van der Waals surface area contributed by atoms with Gasteiger partial charge in [-0.15, -0.1) is 0 Å². The zero-order chi connectivity index (χ0) is 19.6. The molecule has 0 aliphatic rings. The van der Waals surface area contributed by atoms with Crippen LogP contribution in [-0.2, 0) is 4.79 Å². The third kappa shape index (κ3) is 6.92. The van der Waals surface area contributed by atoms with Gasteiger partial charge in [0.25, 0.3) is 5.91 Å². The van der Waals surface area contributed by atoms with Gasteiger partial charge in [0.2, 0.25) is 5.91 Å². The van der Waals surface area contributed by atoms with E-state index in [-0.39, 0.29) is 24.8 Å². The number of hydrogen-bond acceptors (Lipinski definition) is 4. The van der Waals surface area contributed by atoms with E-state index in [0.29, 0.717) is 22.2 Å². The lowest BCUT2D eigenvalue weighted by Gasteiger charge is -2.06. The van der Waals surface area contributed by atoms with E-state index in [0.717, 1.165) is 11.3 Å². The van der Waals surface area contributed by atoms with E-state index in [4.69, 9.17) is 27.9 Å². The predicted octanol–water partition coefficient (Wildman–Crippen LogP) is 3.66. The number of hydrazone groups is 1. The predicted molar refractivity (Wildman–Crippen MR) is 107 cm³/mol. The Balaban J connectivity index is 1.75. The molecule has 0 saturated carbocycles. The first-order valence-electron chi connectivity index (χ1n) is 8.27. The van der Waals surface area contributed by atoms with Crippen molar-refractivity contribution < 1.29 is 14.3 Å². The first-order chi connectivity index (χ1) is 13.0. The molecule has 2 aromatic rings. The summed E-state index contributed by atoms with van der Waals surface area (Å²) in [5.41, 5.74) is 3.58. The van der Waals surface area contributed by atoms with Crippen LogP contribution in [0.1, 0.15) is 29.3 Å². The van der Waals surface area contributed by atoms with Crippen molar-refractivity contribution in [3.8, 4) is 5.75 Å². The van der Waals surface area contributed by atoms with Crippen LogP contribution in [0.4, 0.5) is 0 Å². The van der Waals surface area contributed by atoms with Crippen LogP contribution in [0.25, 0.3) is 0 Å². The molecule has 0 bridgehead atoms. The lowest BCUT2D eigenvalue weighted by Crippen LogP contribution is -2.29. The van der Waals surface area contributed by atoms with Gasteiger partial charge >= 0.3 is 0 Å². The summed E-state index contributed by atoms with van der Waals surface area (Å²) in [6, 6.07) is 11.9. The largest absolute Gasteiger partial charge is 0.494 e. The maximum absolute atomic E-state index is 12.0. The molecule has 0 spiro atoms. The quantitative estimate of drug-likeness (QED) is 0.517. The SMILES string of the molecule is CCOc1cccc(C=NNC(=O)CCNC(=O)c2ccc(Cl)c(Cl)c2)c1. The molecule has 0 atom stereocenters. The molecule has 0 aliphatic carbocycles. The Bertz CT molecular complexity index is 841. The summed E-state index contributed by atoms with van der Waals surface area (Å²) in [6.07, 6.45) is 1.61. The number of amides is 2. The molecule has 0 saturated heterocycles. The highest BCUT2D eigenvalue weighted by Gasteiger charge is 2.08. The average molecular weight is 408 g/mol. The van der Waals surface area contributed by atoms with Crippen molar-refractivity contribution in [1.82, 2.24) is 10.7 Å². The molecule has 2 amide bonds. The van der Waals surface area contributed by atoms with Crippen LogP contribution in [0.5, 0.6) is 5.75 Å². The molecule has 2 rings (SSSR count). The second-order valence-electron chi connectivity index (χ2n) is 5.43. The molecule has 0 heterocycles. The number of carbonyl (C=O) groups excluding carboxylic acids is 2. The van der Waals surface area contributed by atoms with Crippen LogP contribution in [0.2, 0.25) is 10.0 Å². The highest BCUT2D eigenvalue weighted by molar-refractivity contribution is 6.42. The molecule has 8 heteroatoms. The number of nitrogens with one attached hydrogen (secondary N) is 2. The molecule has 0 unspecified atom stereocenters. The van der Waals surface area contributed by atoms with Crippen molar-refractivity contribution in [3.05, 3.63) is 63.6 Å². The smallest absolute Gasteiger partial charge is 0.251 e. The molecular weight excluding hydrogens is 389 g/mol. The van der Waals surface area contributed by atoms with Crippen molar-refractivity contribution in [2.24, 2.45) is 5.10 Å². The van der Waals surface area contributed by atoms with Gasteiger partial charge in [-0.2, -0.15) is 5.10 Å². The normalized spacial score (nSPS) is 10.6. The van der Waals surface area contributed by atoms with Gasteiger partial charge in [-0.1, -0.05) is 35.3 Å². The highest BCUT2D eigenvalue weighted by Crippen LogP contribution is 2.22. The molecule has 0 aliphatic heterocycles. The average Bonchev–Trinajstić information content (AvgIpc) is 2.64. The molecule has 27 heavy (non-hydrogen) atoms. The summed E-state index contributed by atoms with van der Waals surface area (Å²) in [5, 5.41) is 7.20. The van der Waals surface area contributed by atoms with Gasteiger partial charge in [0.05, 0.1) is 22.9 Å². The number of ether oxygens (including phenoxy) is 1. The molecular formula is C19H19Cl2N3O3. The molecule has 0 aromatic heterocycles. The van der Waals surface area contributed by atoms with Gasteiger partial charge in [-0.25, -0.2) is 5.43 Å². The van der Waals surface area contributed by atoms with Gasteiger partial charge in [0.1, 0.15) is 5.75 Å². The zero-order valence-corrected chi connectivity index (χ0v) is 16.2. The van der Waals surface area contributed by atoms with Gasteiger partial charge in [-0.3, -0.25) is 9.59 Å². The van der Waals surface area contributed by atoms with Gasteiger partial charge in [0.15, 0.2) is 0 Å². The Morgan fingerprint density at radius 2 is 1.96 bits per heavy atom. The maximum Gasteiger partial charge on any atom is 0.251 e. The topological polar surface area (TPSA) is 79.8 Å². The number of carbonyl (C=O) groups is 2. The number of benzene rings is 2. The number of rotatable bonds is 8. The second kappa shape index (κ2) is 10.5. The number of halogens is 2. The van der Waals surface area contributed by atoms with E-state index in [1.54, 1.807) is 12.1 Å². The van der Waals surface area contributed by atoms with Crippen LogP contribution in [-0.4, -0.2) is 31.2 Å². The number of nitrogens with zero attached hydrogens (tertiary/aromatic N) is 1. The van der Waals surface area contributed by atoms with E-state index in [2.05, 4.69) is 15.8 Å². The molecule has 0 fully saturated rings. The third-order valence-electron chi connectivity index (χ3n) is 3.39. The van der Waals surface area contributed by atoms with Crippen molar-refractivity contribution in [1.29, 1.82) is 0 Å². The Labute approximate surface area is 167 Å². The van der Waals surface area contributed by atoms with Crippen LogP contribution in [0, 0.1) is 0 Å². The van der Waals surface area contributed by atoms with Crippen LogP contribution < -0.4 is 15.5 Å². The van der Waals surface area contributed by atoms with Crippen LogP contribution in [0.3, 0.4) is 0 Å². The minimum absolute atomic E-state index is 0.0867. The lowest BCUT2D eigenvalue weighted by molar-refractivity contribution is -0.120. The zero-order valence-electron chi connectivity index (χ0n) is 14.7. The summed E-state index contributed by atoms with van der Waals surface area (Å²) >= 11 is 11.7. The fourth-order valence-electron chi connectivity index (χ4n) is 2.12. The minimum Gasteiger partial charge on any atom is -0.494 e. The summed E-state index contributed by atoms with van der Waals surface area (Å²) in [6.45, 7) is 2.65. The first kappa shape index (κ1) is 20.7. The minimum atomic E-state index is -0.336. The summed E-state index contributed by atoms with van der Waals surface area (Å²) in [4.78, 5) is 23.8. The van der Waals surface area contributed by atoms with E-state index in [1.165, 1.54) is 12.3 Å². The third-order valence-corrected chi connectivity index (χ3v) is 4.13. The monoisotopic (exact) mass is 407 g/mol. The standard InChI is InChI=1S/C19H19Cl2N3O3/c1-2-27-15-5-3-4-13(10-15)12-23-24-18(25)8-9-22-19(26)14-6-7-16(20)17(21)11-14/h3-7,10-12H,2,8-9H2,1H3,(H,22,26)(H,24,25). The Hall–Kier alpha value is -2.57. The fourth-order valence-corrected chi connectivity index (χ4v) is 2.41. The van der Waals surface area contributed by atoms with Crippen molar-refractivity contribution in [2.45, 2.75) is 13.3 Å². The van der Waals surface area contributed by atoms with Gasteiger partial charge in [-0.05, 0) is 42.8 Å². The van der Waals surface area contributed by atoms with E-state index < -0.39 is 0 Å². The van der Waals surface area contributed by atoms with Crippen molar-refractivity contribution in [2.75, 3.05) is 13.2 Å². The summed E-state index contributed by atoms with van der Waals surface area (Å²) in [7, 11) is 0. The molecule has 2 aromatic carbocycles. The Kier molecular flexibility index (Phi) is 8.10. The fraction of sp³-hybridized carbons (Fsp3) is 0.211. The summed E-state index contributed by atoms with van der Waals surface area (Å²) in [5.74, 6) is 0.0806. The van der Waals surface area contributed by atoms with E-state index in [1.807, 2.05) is 31.2 Å². The summed E-state index contributed by atoms with van der Waals surface area (Å²) < 4.78 is 5.40. The van der Waals surface area contributed by atoms with E-state index in [9.17, 15) is 9.59 Å². The molecule has 142 valence electrons. The first-order valence-corrected chi connectivity index (χ1v) is 9.03. The van der Waals surface area contributed by atoms with Crippen LogP contribution in [0.15, 0.2) is 47.6 Å². The van der Waals surface area contributed by atoms with Gasteiger partial charge in [0, 0.05) is 18.5 Å². The lowest BCUT2D eigenvalue weighted by atomic mass is 10.2. The Morgan fingerprint density at radius 1 is 1.15 bits per heavy atom. The number of hydrogen-bond donors (Lipinski definition) is 2. The van der Waals surface area contributed by atoms with Crippen molar-refractivity contribution >= 4 is 41.2 Å². The molecule has 2 N–H and O–H groups in total. The van der Waals surface area contributed by atoms with Crippen LogP contribution >= 0.6 is 23.2 Å². The van der Waals surface area contributed by atoms with Crippen molar-refractivity contribution in [3.63, 3.8) is 0 Å². The van der Waals surface area contributed by atoms with Gasteiger partial charge < -0.3 is 10.1 Å².